The number of aromatic nitrogens is 4. The van der Waals surface area contributed by atoms with Gasteiger partial charge in [0.1, 0.15) is 0 Å². The smallest absolute Gasteiger partial charge is 0.241 e. The number of imidazole rings is 2. The highest BCUT2D eigenvalue weighted by molar-refractivity contribution is 5.79. The lowest BCUT2D eigenvalue weighted by Crippen LogP contribution is -2.27. The van der Waals surface area contributed by atoms with Gasteiger partial charge in [-0.15, -0.1) is 0 Å². The fourth-order valence-corrected chi connectivity index (χ4v) is 3.32. The Morgan fingerprint density at radius 3 is 2.25 bits per heavy atom. The molecule has 0 aliphatic carbocycles. The molecule has 2 heterocycles. The fourth-order valence-electron chi connectivity index (χ4n) is 3.32. The number of para-hydroxylation sites is 2. The molecule has 3 aromatic carbocycles. The van der Waals surface area contributed by atoms with Gasteiger partial charge in [-0.2, -0.15) is 0 Å². The first-order valence-electron chi connectivity index (χ1n) is 9.15. The number of H-pyrrole nitrogens is 1. The summed E-state index contributed by atoms with van der Waals surface area (Å²) in [5.41, 5.74) is 6.25. The monoisotopic (exact) mass is 362 g/mol. The van der Waals surface area contributed by atoms with Crippen LogP contribution in [0.5, 0.6) is 0 Å². The third-order valence-electron chi connectivity index (χ3n) is 4.73. The first kappa shape index (κ1) is 16.3. The molecule has 0 aliphatic rings. The Morgan fingerprint density at radius 2 is 1.46 bits per heavy atom. The molecule has 0 atom stereocenters. The largest absolute Gasteiger partial charge is 0.326 e. The van der Waals surface area contributed by atoms with Crippen molar-refractivity contribution in [3.05, 3.63) is 110 Å². The highest BCUT2D eigenvalue weighted by atomic mass is 15.0. The Bertz CT molecular complexity index is 1110. The van der Waals surface area contributed by atoms with E-state index >= 15 is 0 Å². The Labute approximate surface area is 163 Å². The van der Waals surface area contributed by atoms with Gasteiger partial charge >= 0.3 is 0 Å². The molecule has 134 valence electrons. The third-order valence-corrected chi connectivity index (χ3v) is 4.73. The lowest BCUT2D eigenvalue weighted by atomic mass is 10.0. The van der Waals surface area contributed by atoms with Crippen molar-refractivity contribution in [3.8, 4) is 33.9 Å². The van der Waals surface area contributed by atoms with E-state index in [-0.39, 0.29) is 0 Å². The number of nitrogens with zero attached hydrogens (tertiary/aromatic N) is 3. The van der Waals surface area contributed by atoms with Crippen molar-refractivity contribution in [2.24, 2.45) is 0 Å². The van der Waals surface area contributed by atoms with Crippen LogP contribution in [0.25, 0.3) is 33.9 Å². The van der Waals surface area contributed by atoms with Crippen LogP contribution in [-0.2, 0) is 0 Å². The molecule has 5 rings (SSSR count). The van der Waals surface area contributed by atoms with Gasteiger partial charge in [0.25, 0.3) is 0 Å². The van der Waals surface area contributed by atoms with E-state index in [0.29, 0.717) is 0 Å². The van der Waals surface area contributed by atoms with Gasteiger partial charge in [-0.3, -0.25) is 0 Å². The van der Waals surface area contributed by atoms with Gasteiger partial charge in [-0.25, -0.2) is 4.98 Å². The summed E-state index contributed by atoms with van der Waals surface area (Å²) < 4.78 is 4.01. The molecule has 0 saturated carbocycles. The molecule has 0 saturated heterocycles. The number of aromatic amines is 1. The first-order valence-corrected chi connectivity index (χ1v) is 9.15. The van der Waals surface area contributed by atoms with Crippen LogP contribution in [0.2, 0.25) is 0 Å². The number of hydrogen-bond donors (Lipinski definition) is 1. The summed E-state index contributed by atoms with van der Waals surface area (Å²) in [6.07, 6.45) is 9.17. The van der Waals surface area contributed by atoms with Crippen molar-refractivity contribution < 1.29 is 4.57 Å². The normalized spacial score (nSPS) is 10.9. The second-order valence-corrected chi connectivity index (χ2v) is 6.53. The standard InChI is InChI=1S/C24H18N4/c1-3-9-19(10-4-1)27-15-23(25-17-27)21-13-7-8-14-22(21)24-16-28(18-26-24)20-11-5-2-6-12-20/h1-17,26H. The molecule has 0 aliphatic heterocycles. The first-order chi connectivity index (χ1) is 13.9. The number of nitrogens with one attached hydrogen (secondary N) is 1. The molecule has 0 amide bonds. The maximum Gasteiger partial charge on any atom is 0.241 e. The molecule has 5 aromatic rings. The van der Waals surface area contributed by atoms with Gasteiger partial charge < -0.3 is 14.1 Å². The summed E-state index contributed by atoms with van der Waals surface area (Å²) in [6.45, 7) is 0. The van der Waals surface area contributed by atoms with E-state index in [1.54, 1.807) is 0 Å². The van der Waals surface area contributed by atoms with Gasteiger partial charge in [0.15, 0.2) is 0 Å². The van der Waals surface area contributed by atoms with E-state index in [4.69, 9.17) is 0 Å². The summed E-state index contributed by atoms with van der Waals surface area (Å²) in [5.74, 6) is 0. The maximum absolute atomic E-state index is 4.65. The predicted octanol–water partition coefficient (Wildman–Crippen LogP) is 4.61. The van der Waals surface area contributed by atoms with Gasteiger partial charge in [0, 0.05) is 23.6 Å². The van der Waals surface area contributed by atoms with Gasteiger partial charge in [0.05, 0.1) is 23.4 Å². The molecule has 0 spiro atoms. The minimum atomic E-state index is 0.931. The highest BCUT2D eigenvalue weighted by Gasteiger charge is 2.11. The van der Waals surface area contributed by atoms with Crippen LogP contribution < -0.4 is 4.57 Å². The summed E-state index contributed by atoms with van der Waals surface area (Å²) in [7, 11) is 0. The van der Waals surface area contributed by atoms with Gasteiger partial charge in [-0.1, -0.05) is 72.8 Å². The number of rotatable bonds is 4. The Hall–Kier alpha value is -3.92. The third kappa shape index (κ3) is 3.01. The second kappa shape index (κ2) is 7.00. The summed E-state index contributed by atoms with van der Waals surface area (Å²) in [5, 5.41) is 0. The quantitative estimate of drug-likeness (QED) is 0.368. The van der Waals surface area contributed by atoms with Crippen LogP contribution in [0.3, 0.4) is 0 Å². The van der Waals surface area contributed by atoms with Crippen LogP contribution >= 0.6 is 0 Å². The number of benzene rings is 3. The van der Waals surface area contributed by atoms with Crippen LogP contribution in [0.1, 0.15) is 0 Å². The maximum atomic E-state index is 4.65. The zero-order chi connectivity index (χ0) is 18.8. The average molecular weight is 362 g/mol. The SMILES string of the molecule is [c-]1[nH]c(-c2ccccc2-c2cn(-c3ccccc3)cn2)c[n+]1-c1ccccc1. The van der Waals surface area contributed by atoms with Crippen molar-refractivity contribution in [3.63, 3.8) is 0 Å². The topological polar surface area (TPSA) is 37.5 Å². The predicted molar refractivity (Wildman–Crippen MR) is 109 cm³/mol. The van der Waals surface area contributed by atoms with Crippen molar-refractivity contribution in [2.75, 3.05) is 0 Å². The molecule has 0 bridgehead atoms. The van der Waals surface area contributed by atoms with Crippen LogP contribution in [0.4, 0.5) is 0 Å². The summed E-state index contributed by atoms with van der Waals surface area (Å²) in [6, 6.07) is 28.7. The van der Waals surface area contributed by atoms with Crippen molar-refractivity contribution in [1.82, 2.24) is 14.5 Å². The van der Waals surface area contributed by atoms with Crippen molar-refractivity contribution in [2.45, 2.75) is 0 Å². The van der Waals surface area contributed by atoms with Crippen molar-refractivity contribution >= 4 is 0 Å². The molecule has 0 unspecified atom stereocenters. The van der Waals surface area contributed by atoms with Crippen LogP contribution in [-0.4, -0.2) is 14.5 Å². The minimum Gasteiger partial charge on any atom is -0.326 e. The van der Waals surface area contributed by atoms with Crippen LogP contribution in [0, 0.1) is 6.33 Å². The van der Waals surface area contributed by atoms with E-state index in [9.17, 15) is 0 Å². The molecular formula is C24H18N4. The molecule has 0 fully saturated rings. The van der Waals surface area contributed by atoms with Gasteiger partial charge in [-0.05, 0) is 17.7 Å². The average Bonchev–Trinajstić information content (AvgIpc) is 3.45. The summed E-state index contributed by atoms with van der Waals surface area (Å²) in [4.78, 5) is 7.92. The van der Waals surface area contributed by atoms with Crippen LogP contribution in [0.15, 0.2) is 104 Å². The van der Waals surface area contributed by atoms with E-state index < -0.39 is 0 Å². The zero-order valence-corrected chi connectivity index (χ0v) is 15.2. The Kier molecular flexibility index (Phi) is 4.07. The molecule has 1 N–H and O–H groups in total. The van der Waals surface area contributed by atoms with E-state index in [1.807, 2.05) is 64.0 Å². The van der Waals surface area contributed by atoms with E-state index in [0.717, 1.165) is 33.9 Å². The Balaban J connectivity index is 1.54. The minimum absolute atomic E-state index is 0.931. The molecular weight excluding hydrogens is 344 g/mol. The lowest BCUT2D eigenvalue weighted by Gasteiger charge is -2.06. The second-order valence-electron chi connectivity index (χ2n) is 6.53. The Morgan fingerprint density at radius 1 is 0.786 bits per heavy atom. The van der Waals surface area contributed by atoms with E-state index in [2.05, 4.69) is 65.1 Å². The summed E-state index contributed by atoms with van der Waals surface area (Å²) >= 11 is 0. The molecule has 28 heavy (non-hydrogen) atoms. The molecule has 4 heteroatoms. The highest BCUT2D eigenvalue weighted by Crippen LogP contribution is 2.30. The van der Waals surface area contributed by atoms with Crippen molar-refractivity contribution in [1.29, 1.82) is 0 Å². The molecule has 2 aromatic heterocycles. The van der Waals surface area contributed by atoms with E-state index in [1.165, 1.54) is 0 Å². The number of hydrogen-bond acceptors (Lipinski definition) is 1. The fraction of sp³-hybridized carbons (Fsp3) is 0. The van der Waals surface area contributed by atoms with Gasteiger partial charge in [0.2, 0.25) is 6.33 Å². The zero-order valence-electron chi connectivity index (χ0n) is 15.2. The molecule has 4 nitrogen and oxygen atoms in total. The lowest BCUT2D eigenvalue weighted by molar-refractivity contribution is -0.598. The molecule has 0 radical (unpaired) electrons.